The van der Waals surface area contributed by atoms with Crippen LogP contribution in [0.5, 0.6) is 0 Å². The van der Waals surface area contributed by atoms with E-state index in [1.54, 1.807) is 18.2 Å². The van der Waals surface area contributed by atoms with E-state index in [0.717, 1.165) is 11.8 Å². The molecule has 1 amide bonds. The fourth-order valence-corrected chi connectivity index (χ4v) is 3.25. The second-order valence-electron chi connectivity index (χ2n) is 6.90. The standard InChI is InChI=1S/C21H16F4N4O/c22-14-4-1-12(2-5-14)3-7-18-16(21(23,24)25)11-26-20(29-18)27-15-6-8-17-13(9-15)10-19(30)28-17/h1-2,4-6,8-9,11H,3,7,10H2,(H,28,30)(H,26,27,29). The number of carbonyl (C=O) groups excluding carboxylic acids is 1. The van der Waals surface area contributed by atoms with E-state index in [2.05, 4.69) is 20.6 Å². The number of halogens is 4. The molecule has 2 aromatic carbocycles. The molecule has 4 rings (SSSR count). The van der Waals surface area contributed by atoms with Crippen molar-refractivity contribution in [3.8, 4) is 0 Å². The number of aromatic nitrogens is 2. The first-order valence-electron chi connectivity index (χ1n) is 9.15. The summed E-state index contributed by atoms with van der Waals surface area (Å²) in [4.78, 5) is 19.3. The number of carbonyl (C=O) groups is 1. The van der Waals surface area contributed by atoms with Gasteiger partial charge in [0.2, 0.25) is 11.9 Å². The molecule has 2 heterocycles. The third-order valence-corrected chi connectivity index (χ3v) is 4.72. The average molecular weight is 416 g/mol. The first kappa shape index (κ1) is 19.8. The smallest absolute Gasteiger partial charge is 0.326 e. The number of amides is 1. The minimum Gasteiger partial charge on any atom is -0.326 e. The van der Waals surface area contributed by atoms with Crippen molar-refractivity contribution >= 4 is 23.2 Å². The van der Waals surface area contributed by atoms with Crippen molar-refractivity contribution in [3.05, 3.63) is 76.9 Å². The van der Waals surface area contributed by atoms with Gasteiger partial charge in [-0.3, -0.25) is 4.79 Å². The fraction of sp³-hybridized carbons (Fsp3) is 0.190. The highest BCUT2D eigenvalue weighted by Gasteiger charge is 2.34. The van der Waals surface area contributed by atoms with Gasteiger partial charge in [0.25, 0.3) is 0 Å². The second-order valence-corrected chi connectivity index (χ2v) is 6.90. The maximum absolute atomic E-state index is 13.4. The summed E-state index contributed by atoms with van der Waals surface area (Å²) in [6.45, 7) is 0. The van der Waals surface area contributed by atoms with E-state index in [1.807, 2.05) is 0 Å². The fourth-order valence-electron chi connectivity index (χ4n) is 3.25. The van der Waals surface area contributed by atoms with Crippen LogP contribution in [0.3, 0.4) is 0 Å². The predicted octanol–water partition coefficient (Wildman–Crippen LogP) is 4.66. The Balaban J connectivity index is 1.57. The monoisotopic (exact) mass is 416 g/mol. The zero-order valence-electron chi connectivity index (χ0n) is 15.6. The topological polar surface area (TPSA) is 66.9 Å². The molecular formula is C21H16F4N4O. The first-order valence-corrected chi connectivity index (χ1v) is 9.15. The van der Waals surface area contributed by atoms with Gasteiger partial charge >= 0.3 is 6.18 Å². The van der Waals surface area contributed by atoms with Crippen molar-refractivity contribution in [2.75, 3.05) is 10.6 Å². The molecular weight excluding hydrogens is 400 g/mol. The third kappa shape index (κ3) is 4.40. The van der Waals surface area contributed by atoms with Crippen LogP contribution in [0.15, 0.2) is 48.7 Å². The normalized spacial score (nSPS) is 13.1. The van der Waals surface area contributed by atoms with Crippen LogP contribution in [0, 0.1) is 5.82 Å². The van der Waals surface area contributed by atoms with Crippen molar-refractivity contribution in [2.45, 2.75) is 25.4 Å². The van der Waals surface area contributed by atoms with Crippen LogP contribution in [0.25, 0.3) is 0 Å². The molecule has 0 unspecified atom stereocenters. The van der Waals surface area contributed by atoms with Crippen LogP contribution in [-0.4, -0.2) is 15.9 Å². The Labute approximate surface area is 169 Å². The lowest BCUT2D eigenvalue weighted by molar-refractivity contribution is -0.138. The Morgan fingerprint density at radius 1 is 1.07 bits per heavy atom. The molecule has 3 aromatic rings. The van der Waals surface area contributed by atoms with E-state index in [-0.39, 0.29) is 36.8 Å². The molecule has 1 aliphatic rings. The van der Waals surface area contributed by atoms with E-state index >= 15 is 0 Å². The summed E-state index contributed by atoms with van der Waals surface area (Å²) >= 11 is 0. The van der Waals surface area contributed by atoms with Crippen LogP contribution in [-0.2, 0) is 30.2 Å². The molecule has 0 saturated carbocycles. The quantitative estimate of drug-likeness (QED) is 0.594. The van der Waals surface area contributed by atoms with Gasteiger partial charge in [0.05, 0.1) is 17.7 Å². The summed E-state index contributed by atoms with van der Waals surface area (Å²) in [5.74, 6) is -0.500. The summed E-state index contributed by atoms with van der Waals surface area (Å²) in [5.41, 5.74) is 1.71. The van der Waals surface area contributed by atoms with E-state index < -0.39 is 17.6 Å². The molecule has 1 aromatic heterocycles. The Bertz CT molecular complexity index is 1100. The zero-order valence-corrected chi connectivity index (χ0v) is 15.6. The summed E-state index contributed by atoms with van der Waals surface area (Å²) in [6, 6.07) is 10.7. The molecule has 0 spiro atoms. The molecule has 0 aliphatic carbocycles. The second kappa shape index (κ2) is 7.74. The van der Waals surface area contributed by atoms with Gasteiger partial charge in [-0.1, -0.05) is 12.1 Å². The number of anilines is 3. The molecule has 5 nitrogen and oxygen atoms in total. The largest absolute Gasteiger partial charge is 0.419 e. The Morgan fingerprint density at radius 2 is 1.83 bits per heavy atom. The van der Waals surface area contributed by atoms with Gasteiger partial charge in [0, 0.05) is 17.6 Å². The Hall–Kier alpha value is -3.49. The van der Waals surface area contributed by atoms with Crippen molar-refractivity contribution in [1.82, 2.24) is 9.97 Å². The van der Waals surface area contributed by atoms with E-state index in [1.165, 1.54) is 24.3 Å². The molecule has 154 valence electrons. The van der Waals surface area contributed by atoms with E-state index in [0.29, 0.717) is 16.9 Å². The summed E-state index contributed by atoms with van der Waals surface area (Å²) in [7, 11) is 0. The molecule has 0 saturated heterocycles. The zero-order chi connectivity index (χ0) is 21.3. The summed E-state index contributed by atoms with van der Waals surface area (Å²) in [6.07, 6.45) is -3.31. The average Bonchev–Trinajstić information content (AvgIpc) is 3.06. The van der Waals surface area contributed by atoms with Gasteiger partial charge in [-0.15, -0.1) is 0 Å². The number of nitrogens with zero attached hydrogens (tertiary/aromatic N) is 2. The number of benzene rings is 2. The summed E-state index contributed by atoms with van der Waals surface area (Å²) < 4.78 is 53.2. The van der Waals surface area contributed by atoms with Crippen molar-refractivity contribution < 1.29 is 22.4 Å². The van der Waals surface area contributed by atoms with Gasteiger partial charge in [-0.2, -0.15) is 13.2 Å². The van der Waals surface area contributed by atoms with E-state index in [9.17, 15) is 22.4 Å². The third-order valence-electron chi connectivity index (χ3n) is 4.72. The summed E-state index contributed by atoms with van der Waals surface area (Å²) in [5, 5.41) is 5.61. The number of fused-ring (bicyclic) bond motifs is 1. The van der Waals surface area contributed by atoms with Gasteiger partial charge in [-0.25, -0.2) is 14.4 Å². The number of hydrogen-bond donors (Lipinski definition) is 2. The minimum atomic E-state index is -4.59. The lowest BCUT2D eigenvalue weighted by Gasteiger charge is -2.14. The molecule has 0 bridgehead atoms. The Morgan fingerprint density at radius 3 is 2.57 bits per heavy atom. The maximum Gasteiger partial charge on any atom is 0.419 e. The van der Waals surface area contributed by atoms with Crippen LogP contribution in [0.1, 0.15) is 22.4 Å². The predicted molar refractivity (Wildman–Crippen MR) is 103 cm³/mol. The van der Waals surface area contributed by atoms with Crippen LogP contribution in [0.2, 0.25) is 0 Å². The van der Waals surface area contributed by atoms with Crippen LogP contribution in [0.4, 0.5) is 34.9 Å². The van der Waals surface area contributed by atoms with E-state index in [4.69, 9.17) is 0 Å². The van der Waals surface area contributed by atoms with Gasteiger partial charge in [-0.05, 0) is 54.3 Å². The highest BCUT2D eigenvalue weighted by molar-refractivity contribution is 5.99. The SMILES string of the molecule is O=C1Cc2cc(Nc3ncc(C(F)(F)F)c(CCc4ccc(F)cc4)n3)ccc2N1. The van der Waals surface area contributed by atoms with Gasteiger partial charge in [0.1, 0.15) is 5.82 Å². The van der Waals surface area contributed by atoms with Crippen molar-refractivity contribution in [1.29, 1.82) is 0 Å². The van der Waals surface area contributed by atoms with Crippen LogP contribution >= 0.6 is 0 Å². The molecule has 1 aliphatic heterocycles. The first-order chi connectivity index (χ1) is 14.3. The lowest BCUT2D eigenvalue weighted by atomic mass is 10.1. The number of rotatable bonds is 5. The molecule has 0 radical (unpaired) electrons. The molecule has 0 fully saturated rings. The van der Waals surface area contributed by atoms with Gasteiger partial charge < -0.3 is 10.6 Å². The maximum atomic E-state index is 13.4. The molecule has 30 heavy (non-hydrogen) atoms. The molecule has 2 N–H and O–H groups in total. The highest BCUT2D eigenvalue weighted by atomic mass is 19.4. The molecule has 0 atom stereocenters. The number of alkyl halides is 3. The Kier molecular flexibility index (Phi) is 5.11. The van der Waals surface area contributed by atoms with Gasteiger partial charge in [0.15, 0.2) is 0 Å². The van der Waals surface area contributed by atoms with Crippen molar-refractivity contribution in [2.24, 2.45) is 0 Å². The van der Waals surface area contributed by atoms with Crippen LogP contribution < -0.4 is 10.6 Å². The lowest BCUT2D eigenvalue weighted by Crippen LogP contribution is -2.14. The molecule has 9 heteroatoms. The highest BCUT2D eigenvalue weighted by Crippen LogP contribution is 2.32. The number of hydrogen-bond acceptors (Lipinski definition) is 4. The number of aryl methyl sites for hydroxylation is 2. The minimum absolute atomic E-state index is 0.0142. The van der Waals surface area contributed by atoms with Crippen molar-refractivity contribution in [3.63, 3.8) is 0 Å². The number of nitrogens with one attached hydrogen (secondary N) is 2.